The molecule has 3 aromatic heterocycles. The highest BCUT2D eigenvalue weighted by molar-refractivity contribution is 7.89. The molecule has 11 nitrogen and oxygen atoms in total. The van der Waals surface area contributed by atoms with Crippen LogP contribution in [0.1, 0.15) is 30.4 Å². The van der Waals surface area contributed by atoms with Gasteiger partial charge in [-0.1, -0.05) is 18.5 Å². The minimum Gasteiger partial charge on any atom is -0.356 e. The van der Waals surface area contributed by atoms with Gasteiger partial charge in [-0.25, -0.2) is 13.4 Å². The average Bonchev–Trinajstić information content (AvgIpc) is 3.42. The lowest BCUT2D eigenvalue weighted by molar-refractivity contribution is 0.222. The number of aromatic amines is 2. The van der Waals surface area contributed by atoms with Gasteiger partial charge in [-0.3, -0.25) is 9.89 Å². The van der Waals surface area contributed by atoms with Crippen LogP contribution in [0.2, 0.25) is 0 Å². The van der Waals surface area contributed by atoms with E-state index in [1.165, 1.54) is 10.5 Å². The Labute approximate surface area is 189 Å². The van der Waals surface area contributed by atoms with Gasteiger partial charge in [0.25, 0.3) is 5.56 Å². The third-order valence-electron chi connectivity index (χ3n) is 5.99. The molecule has 0 aliphatic carbocycles. The highest BCUT2D eigenvalue weighted by Crippen LogP contribution is 2.27. The maximum absolute atomic E-state index is 13.3. The molecule has 0 unspecified atom stereocenters. The molecule has 5 rings (SSSR count). The zero-order chi connectivity index (χ0) is 23.2. The smallest absolute Gasteiger partial charge is 0.279 e. The summed E-state index contributed by atoms with van der Waals surface area (Å²) < 4.78 is 33.6. The SMILES string of the molecule is CCCc1[nH]nc2c(=O)[nH]c(Cc3cc(S(=O)(=O)N4CCN(C)CC4)cc4cnoc34)nc12. The van der Waals surface area contributed by atoms with Crippen LogP contribution in [0.25, 0.3) is 22.0 Å². The van der Waals surface area contributed by atoms with E-state index in [4.69, 9.17) is 4.52 Å². The highest BCUT2D eigenvalue weighted by Gasteiger charge is 2.29. The first-order valence-electron chi connectivity index (χ1n) is 10.9. The van der Waals surface area contributed by atoms with E-state index in [9.17, 15) is 13.2 Å². The van der Waals surface area contributed by atoms with E-state index in [-0.39, 0.29) is 22.4 Å². The summed E-state index contributed by atoms with van der Waals surface area (Å²) in [5.74, 6) is 0.401. The molecule has 0 bridgehead atoms. The van der Waals surface area contributed by atoms with Gasteiger partial charge in [0.2, 0.25) is 10.0 Å². The number of H-pyrrole nitrogens is 2. The minimum atomic E-state index is -3.69. The van der Waals surface area contributed by atoms with Crippen LogP contribution in [0.4, 0.5) is 0 Å². The van der Waals surface area contributed by atoms with Crippen molar-refractivity contribution < 1.29 is 12.9 Å². The Morgan fingerprint density at radius 2 is 1.94 bits per heavy atom. The first-order valence-corrected chi connectivity index (χ1v) is 12.3. The van der Waals surface area contributed by atoms with E-state index in [0.29, 0.717) is 54.1 Å². The van der Waals surface area contributed by atoms with Crippen molar-refractivity contribution in [3.05, 3.63) is 45.8 Å². The Morgan fingerprint density at radius 3 is 2.70 bits per heavy atom. The summed E-state index contributed by atoms with van der Waals surface area (Å²) in [6.45, 7) is 4.26. The molecule has 2 N–H and O–H groups in total. The Hall–Kier alpha value is -3.09. The second-order valence-electron chi connectivity index (χ2n) is 8.37. The first-order chi connectivity index (χ1) is 15.9. The number of benzene rings is 1. The van der Waals surface area contributed by atoms with Gasteiger partial charge in [-0.05, 0) is 25.6 Å². The number of fused-ring (bicyclic) bond motifs is 2. The summed E-state index contributed by atoms with van der Waals surface area (Å²) in [5.41, 5.74) is 2.31. The van der Waals surface area contributed by atoms with Crippen molar-refractivity contribution in [2.24, 2.45) is 0 Å². The molecule has 0 atom stereocenters. The van der Waals surface area contributed by atoms with Crippen LogP contribution in [0.5, 0.6) is 0 Å². The minimum absolute atomic E-state index is 0.177. The zero-order valence-electron chi connectivity index (χ0n) is 18.5. The molecule has 4 heterocycles. The number of piperazine rings is 1. The largest absolute Gasteiger partial charge is 0.356 e. The van der Waals surface area contributed by atoms with Crippen molar-refractivity contribution >= 4 is 32.0 Å². The van der Waals surface area contributed by atoms with E-state index >= 15 is 0 Å². The van der Waals surface area contributed by atoms with Gasteiger partial charge < -0.3 is 14.4 Å². The van der Waals surface area contributed by atoms with E-state index in [0.717, 1.165) is 18.5 Å². The monoisotopic (exact) mass is 471 g/mol. The number of nitrogens with one attached hydrogen (secondary N) is 2. The standard InChI is InChI=1S/C21H25N7O4S/c1-3-4-16-18-19(26-25-16)21(29)24-17(23-18)11-13-9-15(10-14-12-22-32-20(13)14)33(30,31)28-7-5-27(2)6-8-28/h9-10,12H,3-8,11H2,1-2H3,(H,25,26)(H,23,24,29). The topological polar surface area (TPSA) is 141 Å². The fourth-order valence-electron chi connectivity index (χ4n) is 4.18. The van der Waals surface area contributed by atoms with Gasteiger partial charge in [-0.2, -0.15) is 9.40 Å². The second kappa shape index (κ2) is 8.36. The molecule has 33 heavy (non-hydrogen) atoms. The van der Waals surface area contributed by atoms with E-state index in [1.807, 2.05) is 14.0 Å². The maximum Gasteiger partial charge on any atom is 0.279 e. The summed E-state index contributed by atoms with van der Waals surface area (Å²) in [4.78, 5) is 22.2. The predicted octanol–water partition coefficient (Wildman–Crippen LogP) is 1.27. The van der Waals surface area contributed by atoms with Crippen LogP contribution < -0.4 is 5.56 Å². The number of hydrogen-bond donors (Lipinski definition) is 2. The summed E-state index contributed by atoms with van der Waals surface area (Å²) in [6, 6.07) is 3.17. The van der Waals surface area contributed by atoms with Gasteiger partial charge in [-0.15, -0.1) is 0 Å². The third-order valence-corrected chi connectivity index (χ3v) is 7.87. The Kier molecular flexibility index (Phi) is 5.51. The van der Waals surface area contributed by atoms with E-state index in [1.54, 1.807) is 12.1 Å². The van der Waals surface area contributed by atoms with Crippen molar-refractivity contribution in [2.75, 3.05) is 33.2 Å². The van der Waals surface area contributed by atoms with Gasteiger partial charge in [0.1, 0.15) is 11.3 Å². The van der Waals surface area contributed by atoms with Crippen molar-refractivity contribution in [1.82, 2.24) is 34.5 Å². The molecule has 1 aliphatic heterocycles. The fraction of sp³-hybridized carbons (Fsp3) is 0.429. The van der Waals surface area contributed by atoms with E-state index in [2.05, 4.69) is 30.2 Å². The summed E-state index contributed by atoms with van der Waals surface area (Å²) in [7, 11) is -1.71. The second-order valence-corrected chi connectivity index (χ2v) is 10.3. The molecule has 4 aromatic rings. The van der Waals surface area contributed by atoms with Crippen molar-refractivity contribution in [2.45, 2.75) is 31.1 Å². The van der Waals surface area contributed by atoms with Crippen LogP contribution >= 0.6 is 0 Å². The number of sulfonamides is 1. The maximum atomic E-state index is 13.3. The number of nitrogens with zero attached hydrogens (tertiary/aromatic N) is 5. The predicted molar refractivity (Wildman–Crippen MR) is 122 cm³/mol. The van der Waals surface area contributed by atoms with Gasteiger partial charge >= 0.3 is 0 Å². The lowest BCUT2D eigenvalue weighted by Gasteiger charge is -2.31. The van der Waals surface area contributed by atoms with Gasteiger partial charge in [0, 0.05) is 43.5 Å². The number of likely N-dealkylation sites (N-methyl/N-ethyl adjacent to an activating group) is 1. The molecule has 0 spiro atoms. The summed E-state index contributed by atoms with van der Waals surface area (Å²) >= 11 is 0. The van der Waals surface area contributed by atoms with E-state index < -0.39 is 10.0 Å². The lowest BCUT2D eigenvalue weighted by Crippen LogP contribution is -2.47. The quantitative estimate of drug-likeness (QED) is 0.428. The molecule has 0 amide bonds. The van der Waals surface area contributed by atoms with Crippen LogP contribution in [-0.4, -0.2) is 76.2 Å². The van der Waals surface area contributed by atoms with Crippen molar-refractivity contribution in [3.8, 4) is 0 Å². The lowest BCUT2D eigenvalue weighted by atomic mass is 10.1. The number of aromatic nitrogens is 5. The first kappa shape index (κ1) is 21.7. The molecule has 1 fully saturated rings. The summed E-state index contributed by atoms with van der Waals surface area (Å²) in [5, 5.41) is 11.4. The molecule has 1 saturated heterocycles. The number of hydrogen-bond acceptors (Lipinski definition) is 8. The van der Waals surface area contributed by atoms with Crippen LogP contribution in [0.3, 0.4) is 0 Å². The van der Waals surface area contributed by atoms with Crippen LogP contribution in [0, 0.1) is 0 Å². The normalized spacial score (nSPS) is 16.2. The molecule has 174 valence electrons. The fourth-order valence-corrected chi connectivity index (χ4v) is 5.69. The molecular formula is C21H25N7O4S. The Morgan fingerprint density at radius 1 is 1.15 bits per heavy atom. The Balaban J connectivity index is 1.56. The molecular weight excluding hydrogens is 446 g/mol. The van der Waals surface area contributed by atoms with Gasteiger partial charge in [0.15, 0.2) is 11.1 Å². The van der Waals surface area contributed by atoms with Gasteiger partial charge in [0.05, 0.1) is 16.8 Å². The molecule has 12 heteroatoms. The number of rotatable bonds is 6. The highest BCUT2D eigenvalue weighted by atomic mass is 32.2. The zero-order valence-corrected chi connectivity index (χ0v) is 19.3. The van der Waals surface area contributed by atoms with Crippen LogP contribution in [0.15, 0.2) is 32.5 Å². The molecule has 0 radical (unpaired) electrons. The number of aryl methyl sites for hydroxylation is 1. The Bertz CT molecular complexity index is 1480. The molecule has 1 aromatic carbocycles. The van der Waals surface area contributed by atoms with Crippen molar-refractivity contribution in [3.63, 3.8) is 0 Å². The average molecular weight is 472 g/mol. The molecule has 1 aliphatic rings. The molecule has 0 saturated carbocycles. The summed E-state index contributed by atoms with van der Waals surface area (Å²) in [6.07, 6.45) is 3.28. The van der Waals surface area contributed by atoms with Crippen LogP contribution in [-0.2, 0) is 22.9 Å². The third kappa shape index (κ3) is 3.94. The van der Waals surface area contributed by atoms with Crippen molar-refractivity contribution in [1.29, 1.82) is 0 Å².